The van der Waals surface area contributed by atoms with E-state index in [0.717, 1.165) is 55.7 Å². The highest BCUT2D eigenvalue weighted by atomic mass is 16.5. The van der Waals surface area contributed by atoms with Crippen molar-refractivity contribution in [2.75, 3.05) is 31.2 Å². The highest BCUT2D eigenvalue weighted by Gasteiger charge is 2.31. The molecule has 0 saturated carbocycles. The van der Waals surface area contributed by atoms with E-state index in [1.165, 1.54) is 10.9 Å². The van der Waals surface area contributed by atoms with Gasteiger partial charge in [0, 0.05) is 49.2 Å². The van der Waals surface area contributed by atoms with Crippen LogP contribution in [0.5, 0.6) is 0 Å². The first-order valence-electron chi connectivity index (χ1n) is 10.6. The molecule has 0 radical (unpaired) electrons. The number of pyridine rings is 1. The maximum absolute atomic E-state index is 5.66. The van der Waals surface area contributed by atoms with Crippen LogP contribution in [-0.4, -0.2) is 68.2 Å². The third-order valence-corrected chi connectivity index (χ3v) is 6.31. The minimum atomic E-state index is 0.296. The number of hydrogen-bond donors (Lipinski definition) is 1. The SMILES string of the molecule is CC(C)N1CCc2nn(-c3cc[nH]n3)c3nc(N4CCOC[C@H]4C)cc(c23)C1C. The molecule has 2 aliphatic heterocycles. The van der Waals surface area contributed by atoms with Gasteiger partial charge in [0.15, 0.2) is 11.5 Å². The molecule has 2 atom stereocenters. The van der Waals surface area contributed by atoms with E-state index in [2.05, 4.69) is 53.8 Å². The Kier molecular flexibility index (Phi) is 4.55. The van der Waals surface area contributed by atoms with Gasteiger partial charge in [0.1, 0.15) is 5.82 Å². The molecule has 29 heavy (non-hydrogen) atoms. The maximum atomic E-state index is 5.66. The first-order chi connectivity index (χ1) is 14.0. The van der Waals surface area contributed by atoms with E-state index in [1.807, 2.05) is 16.9 Å². The monoisotopic (exact) mass is 395 g/mol. The molecular formula is C21H29N7O. The Labute approximate surface area is 170 Å². The van der Waals surface area contributed by atoms with Crippen molar-refractivity contribution in [1.82, 2.24) is 29.9 Å². The molecule has 1 fully saturated rings. The normalized spacial score (nSPS) is 23.1. The number of H-pyrrole nitrogens is 1. The van der Waals surface area contributed by atoms with Crippen molar-refractivity contribution in [2.45, 2.75) is 52.2 Å². The fraction of sp³-hybridized carbons (Fsp3) is 0.571. The summed E-state index contributed by atoms with van der Waals surface area (Å²) in [5, 5.41) is 13.4. The average molecular weight is 396 g/mol. The summed E-state index contributed by atoms with van der Waals surface area (Å²) in [6.07, 6.45) is 2.74. The summed E-state index contributed by atoms with van der Waals surface area (Å²) in [6, 6.07) is 5.30. The number of nitrogens with one attached hydrogen (secondary N) is 1. The van der Waals surface area contributed by atoms with Crippen LogP contribution in [-0.2, 0) is 11.2 Å². The molecule has 3 aromatic heterocycles. The molecule has 1 unspecified atom stereocenters. The summed E-state index contributed by atoms with van der Waals surface area (Å²) in [5.74, 6) is 1.78. The number of anilines is 1. The molecule has 154 valence electrons. The van der Waals surface area contributed by atoms with Gasteiger partial charge in [0.2, 0.25) is 0 Å². The van der Waals surface area contributed by atoms with Crippen LogP contribution in [0.1, 0.15) is 45.0 Å². The average Bonchev–Trinajstić information content (AvgIpc) is 3.32. The minimum Gasteiger partial charge on any atom is -0.377 e. The van der Waals surface area contributed by atoms with E-state index in [0.29, 0.717) is 18.1 Å². The Morgan fingerprint density at radius 3 is 2.79 bits per heavy atom. The molecule has 1 saturated heterocycles. The van der Waals surface area contributed by atoms with Crippen molar-refractivity contribution in [3.63, 3.8) is 0 Å². The van der Waals surface area contributed by atoms with Gasteiger partial charge in [-0.05, 0) is 39.3 Å². The zero-order valence-corrected chi connectivity index (χ0v) is 17.6. The van der Waals surface area contributed by atoms with Crippen LogP contribution >= 0.6 is 0 Å². The summed E-state index contributed by atoms with van der Waals surface area (Å²) >= 11 is 0. The molecule has 3 aromatic rings. The van der Waals surface area contributed by atoms with Gasteiger partial charge in [-0.3, -0.25) is 10.00 Å². The Morgan fingerprint density at radius 2 is 2.07 bits per heavy atom. The summed E-state index contributed by atoms with van der Waals surface area (Å²) < 4.78 is 7.56. The number of rotatable bonds is 3. The molecule has 0 bridgehead atoms. The van der Waals surface area contributed by atoms with Gasteiger partial charge >= 0.3 is 0 Å². The molecule has 5 heterocycles. The predicted molar refractivity (Wildman–Crippen MR) is 113 cm³/mol. The summed E-state index contributed by atoms with van der Waals surface area (Å²) in [6.45, 7) is 12.4. The molecule has 0 spiro atoms. The number of ether oxygens (including phenoxy) is 1. The first kappa shape index (κ1) is 18.6. The Bertz CT molecular complexity index is 1010. The fourth-order valence-electron chi connectivity index (χ4n) is 4.77. The lowest BCUT2D eigenvalue weighted by Gasteiger charge is -2.35. The number of hydrogen-bond acceptors (Lipinski definition) is 6. The third-order valence-electron chi connectivity index (χ3n) is 6.31. The second-order valence-electron chi connectivity index (χ2n) is 8.43. The van der Waals surface area contributed by atoms with Crippen LogP contribution in [0.4, 0.5) is 5.82 Å². The molecule has 0 amide bonds. The fourth-order valence-corrected chi connectivity index (χ4v) is 4.77. The van der Waals surface area contributed by atoms with Gasteiger partial charge in [0.25, 0.3) is 0 Å². The van der Waals surface area contributed by atoms with Gasteiger partial charge in [0.05, 0.1) is 24.9 Å². The molecule has 0 aliphatic carbocycles. The summed E-state index contributed by atoms with van der Waals surface area (Å²) in [5.41, 5.74) is 3.32. The van der Waals surface area contributed by atoms with Gasteiger partial charge in [-0.2, -0.15) is 14.9 Å². The molecule has 2 aliphatic rings. The summed E-state index contributed by atoms with van der Waals surface area (Å²) in [4.78, 5) is 10.0. The molecule has 1 N–H and O–H groups in total. The molecule has 5 rings (SSSR count). The highest BCUT2D eigenvalue weighted by Crippen LogP contribution is 2.37. The van der Waals surface area contributed by atoms with Crippen molar-refractivity contribution in [2.24, 2.45) is 0 Å². The molecule has 8 heteroatoms. The third kappa shape index (κ3) is 3.02. The highest BCUT2D eigenvalue weighted by molar-refractivity contribution is 5.86. The maximum Gasteiger partial charge on any atom is 0.177 e. The van der Waals surface area contributed by atoms with Crippen LogP contribution in [0.2, 0.25) is 0 Å². The van der Waals surface area contributed by atoms with E-state index in [9.17, 15) is 0 Å². The van der Waals surface area contributed by atoms with Crippen LogP contribution < -0.4 is 4.90 Å². The van der Waals surface area contributed by atoms with Crippen LogP contribution in [0.15, 0.2) is 18.3 Å². The molecular weight excluding hydrogens is 366 g/mol. The largest absolute Gasteiger partial charge is 0.377 e. The smallest absolute Gasteiger partial charge is 0.177 e. The second kappa shape index (κ2) is 7.11. The van der Waals surface area contributed by atoms with E-state index in [4.69, 9.17) is 14.8 Å². The number of nitrogens with zero attached hydrogens (tertiary/aromatic N) is 6. The lowest BCUT2D eigenvalue weighted by Crippen LogP contribution is -2.44. The lowest BCUT2D eigenvalue weighted by atomic mass is 10.0. The second-order valence-corrected chi connectivity index (χ2v) is 8.43. The van der Waals surface area contributed by atoms with Crippen LogP contribution in [0.25, 0.3) is 16.9 Å². The Balaban J connectivity index is 1.74. The van der Waals surface area contributed by atoms with Crippen molar-refractivity contribution < 1.29 is 4.74 Å². The number of aromatic amines is 1. The Morgan fingerprint density at radius 1 is 1.21 bits per heavy atom. The van der Waals surface area contributed by atoms with Crippen LogP contribution in [0, 0.1) is 0 Å². The zero-order chi connectivity index (χ0) is 20.1. The van der Waals surface area contributed by atoms with Crippen molar-refractivity contribution in [3.05, 3.63) is 29.6 Å². The zero-order valence-electron chi connectivity index (χ0n) is 17.6. The van der Waals surface area contributed by atoms with E-state index >= 15 is 0 Å². The van der Waals surface area contributed by atoms with Crippen LogP contribution in [0.3, 0.4) is 0 Å². The van der Waals surface area contributed by atoms with Gasteiger partial charge in [-0.15, -0.1) is 0 Å². The topological polar surface area (TPSA) is 75.1 Å². The standard InChI is InChI=1S/C21H29N7O/c1-13(2)26-8-6-17-20-16(15(26)4)11-19(27-9-10-29-12-14(27)3)23-21(20)28(25-17)18-5-7-22-24-18/h5,7,11,13-15H,6,8-10,12H2,1-4H3,(H,22,24)/t14-,15?/m1/s1. The van der Waals surface area contributed by atoms with Gasteiger partial charge in [-0.25, -0.2) is 4.98 Å². The summed E-state index contributed by atoms with van der Waals surface area (Å²) in [7, 11) is 0. The van der Waals surface area contributed by atoms with E-state index in [-0.39, 0.29) is 0 Å². The number of morpholine rings is 1. The molecule has 8 nitrogen and oxygen atoms in total. The molecule has 0 aromatic carbocycles. The predicted octanol–water partition coefficient (Wildman–Crippen LogP) is 2.70. The van der Waals surface area contributed by atoms with E-state index < -0.39 is 0 Å². The van der Waals surface area contributed by atoms with Gasteiger partial charge in [-0.1, -0.05) is 0 Å². The van der Waals surface area contributed by atoms with Gasteiger partial charge < -0.3 is 9.64 Å². The van der Waals surface area contributed by atoms with Crippen molar-refractivity contribution in [3.8, 4) is 5.82 Å². The quantitative estimate of drug-likeness (QED) is 0.735. The lowest BCUT2D eigenvalue weighted by molar-refractivity contribution is 0.0985. The van der Waals surface area contributed by atoms with E-state index in [1.54, 1.807) is 0 Å². The van der Waals surface area contributed by atoms with Crippen molar-refractivity contribution >= 4 is 16.9 Å². The first-order valence-corrected chi connectivity index (χ1v) is 10.6. The minimum absolute atomic E-state index is 0.296. The van der Waals surface area contributed by atoms with Crippen molar-refractivity contribution in [1.29, 1.82) is 0 Å². The Hall–Kier alpha value is -2.45. The number of aromatic nitrogens is 5.